The third-order valence-electron chi connectivity index (χ3n) is 6.18. The van der Waals surface area contributed by atoms with Crippen molar-refractivity contribution >= 4 is 27.7 Å². The molecule has 0 bridgehead atoms. The van der Waals surface area contributed by atoms with Crippen LogP contribution in [0.4, 0.5) is 0 Å². The average molecular weight is 407 g/mol. The molecule has 1 amide bonds. The number of H-pyrrole nitrogens is 1. The lowest BCUT2D eigenvalue weighted by atomic mass is 9.98. The van der Waals surface area contributed by atoms with Crippen LogP contribution in [-0.2, 0) is 20.0 Å². The van der Waals surface area contributed by atoms with Gasteiger partial charge < -0.3 is 9.88 Å². The van der Waals surface area contributed by atoms with Crippen LogP contribution in [-0.4, -0.2) is 37.1 Å². The number of para-hydroxylation sites is 1. The van der Waals surface area contributed by atoms with Crippen LogP contribution in [0.5, 0.6) is 0 Å². The summed E-state index contributed by atoms with van der Waals surface area (Å²) in [6.45, 7) is 1.20. The zero-order valence-electron chi connectivity index (χ0n) is 17.2. The van der Waals surface area contributed by atoms with E-state index in [4.69, 9.17) is 5.10 Å². The summed E-state index contributed by atoms with van der Waals surface area (Å²) >= 11 is 0. The minimum atomic E-state index is 0.0371. The predicted octanol–water partition coefficient (Wildman–Crippen LogP) is 4.32. The van der Waals surface area contributed by atoms with Crippen molar-refractivity contribution in [3.8, 4) is 11.3 Å². The number of aromatic nitrogens is 4. The van der Waals surface area contributed by atoms with Gasteiger partial charge in [-0.15, -0.1) is 0 Å². The van der Waals surface area contributed by atoms with E-state index in [1.165, 1.54) is 10.9 Å². The summed E-state index contributed by atoms with van der Waals surface area (Å²) in [5.41, 5.74) is 7.20. The van der Waals surface area contributed by atoms with Crippen molar-refractivity contribution in [3.05, 3.63) is 83.8 Å². The van der Waals surface area contributed by atoms with Gasteiger partial charge in [0.1, 0.15) is 0 Å². The van der Waals surface area contributed by atoms with Gasteiger partial charge in [-0.05, 0) is 36.8 Å². The van der Waals surface area contributed by atoms with Gasteiger partial charge in [-0.25, -0.2) is 0 Å². The smallest absolute Gasteiger partial charge is 0.254 e. The highest BCUT2D eigenvalue weighted by Crippen LogP contribution is 2.34. The zero-order valence-corrected chi connectivity index (χ0v) is 17.2. The molecule has 2 aromatic carbocycles. The normalized spacial score (nSPS) is 13.6. The summed E-state index contributed by atoms with van der Waals surface area (Å²) < 4.78 is 1.95. The van der Waals surface area contributed by atoms with Crippen LogP contribution in [0.1, 0.15) is 21.6 Å². The second-order valence-corrected chi connectivity index (χ2v) is 8.03. The number of carbonyl (C=O) groups is 1. The Kier molecular flexibility index (Phi) is 3.93. The maximum absolute atomic E-state index is 13.2. The molecule has 0 spiro atoms. The first kappa shape index (κ1) is 17.9. The first-order chi connectivity index (χ1) is 15.2. The van der Waals surface area contributed by atoms with E-state index in [-0.39, 0.29) is 5.91 Å². The number of fused-ring (bicyclic) bond motifs is 3. The fraction of sp³-hybridized carbons (Fsp3) is 0.160. The standard InChI is InChI=1S/C25H21N5O/c1-29-24(20-6-2-4-16-9-12-27-23(16)20)19-10-13-30(15-22(19)28-29)25(31)18-7-8-21-17(14-18)5-3-11-26-21/h2-9,11-12,14,27H,10,13,15H2,1H3. The van der Waals surface area contributed by atoms with Gasteiger partial charge >= 0.3 is 0 Å². The lowest BCUT2D eigenvalue weighted by Gasteiger charge is -2.27. The molecule has 3 aromatic heterocycles. The molecular weight excluding hydrogens is 386 g/mol. The number of nitrogens with zero attached hydrogens (tertiary/aromatic N) is 4. The number of hydrogen-bond donors (Lipinski definition) is 1. The number of aryl methyl sites for hydroxylation is 1. The summed E-state index contributed by atoms with van der Waals surface area (Å²) in [4.78, 5) is 22.8. The van der Waals surface area contributed by atoms with Crippen molar-refractivity contribution in [3.63, 3.8) is 0 Å². The fourth-order valence-electron chi connectivity index (χ4n) is 4.70. The zero-order chi connectivity index (χ0) is 20.9. The van der Waals surface area contributed by atoms with E-state index in [0.29, 0.717) is 18.7 Å². The number of amides is 1. The molecule has 6 heteroatoms. The molecule has 152 valence electrons. The molecule has 5 aromatic rings. The van der Waals surface area contributed by atoms with Crippen molar-refractivity contribution in [1.82, 2.24) is 24.6 Å². The van der Waals surface area contributed by atoms with Gasteiger partial charge in [0.2, 0.25) is 0 Å². The molecule has 0 saturated carbocycles. The molecule has 6 rings (SSSR count). The molecule has 1 aliphatic heterocycles. The summed E-state index contributed by atoms with van der Waals surface area (Å²) in [5.74, 6) is 0.0371. The van der Waals surface area contributed by atoms with Gasteiger partial charge in [-0.1, -0.05) is 24.3 Å². The average Bonchev–Trinajstić information content (AvgIpc) is 3.41. The molecular formula is C25H21N5O. The number of rotatable bonds is 2. The highest BCUT2D eigenvalue weighted by atomic mass is 16.2. The van der Waals surface area contributed by atoms with E-state index in [2.05, 4.69) is 34.2 Å². The molecule has 4 heterocycles. The minimum Gasteiger partial charge on any atom is -0.361 e. The molecule has 0 saturated heterocycles. The quantitative estimate of drug-likeness (QED) is 0.474. The Labute approximate surface area is 179 Å². The molecule has 0 fully saturated rings. The third-order valence-corrected chi connectivity index (χ3v) is 6.18. The van der Waals surface area contributed by atoms with E-state index < -0.39 is 0 Å². The van der Waals surface area contributed by atoms with Crippen LogP contribution in [0, 0.1) is 0 Å². The summed E-state index contributed by atoms with van der Waals surface area (Å²) in [6, 6.07) is 18.0. The molecule has 1 aliphatic rings. The number of benzene rings is 2. The number of carbonyl (C=O) groups excluding carboxylic acids is 1. The Morgan fingerprint density at radius 3 is 2.90 bits per heavy atom. The van der Waals surface area contributed by atoms with E-state index in [1.807, 2.05) is 53.2 Å². The fourth-order valence-corrected chi connectivity index (χ4v) is 4.70. The first-order valence-corrected chi connectivity index (χ1v) is 10.4. The van der Waals surface area contributed by atoms with Crippen molar-refractivity contribution in [2.75, 3.05) is 6.54 Å². The Bertz CT molecular complexity index is 1460. The largest absolute Gasteiger partial charge is 0.361 e. The van der Waals surface area contributed by atoms with Crippen molar-refractivity contribution in [1.29, 1.82) is 0 Å². The predicted molar refractivity (Wildman–Crippen MR) is 121 cm³/mol. The number of aromatic amines is 1. The molecule has 0 aliphatic carbocycles. The molecule has 31 heavy (non-hydrogen) atoms. The molecule has 0 radical (unpaired) electrons. The lowest BCUT2D eigenvalue weighted by Crippen LogP contribution is -2.36. The number of hydrogen-bond acceptors (Lipinski definition) is 3. The van der Waals surface area contributed by atoms with Crippen molar-refractivity contribution in [2.24, 2.45) is 7.05 Å². The topological polar surface area (TPSA) is 66.8 Å². The van der Waals surface area contributed by atoms with Gasteiger partial charge in [0.25, 0.3) is 5.91 Å². The molecule has 1 N–H and O–H groups in total. The summed E-state index contributed by atoms with van der Waals surface area (Å²) in [6.07, 6.45) is 4.52. The Hall–Kier alpha value is -3.93. The summed E-state index contributed by atoms with van der Waals surface area (Å²) in [7, 11) is 1.98. The lowest BCUT2D eigenvalue weighted by molar-refractivity contribution is 0.0732. The second kappa shape index (κ2) is 6.80. The van der Waals surface area contributed by atoms with E-state index >= 15 is 0 Å². The number of nitrogens with one attached hydrogen (secondary N) is 1. The van der Waals surface area contributed by atoms with Gasteiger partial charge in [0.05, 0.1) is 29.0 Å². The Balaban J connectivity index is 1.34. The highest BCUT2D eigenvalue weighted by Gasteiger charge is 2.28. The van der Waals surface area contributed by atoms with E-state index in [0.717, 1.165) is 39.8 Å². The second-order valence-electron chi connectivity index (χ2n) is 8.03. The van der Waals surface area contributed by atoms with E-state index in [1.54, 1.807) is 6.20 Å². The van der Waals surface area contributed by atoms with Crippen molar-refractivity contribution in [2.45, 2.75) is 13.0 Å². The maximum Gasteiger partial charge on any atom is 0.254 e. The van der Waals surface area contributed by atoms with Crippen LogP contribution in [0.25, 0.3) is 33.1 Å². The SMILES string of the molecule is Cn1nc2c(c1-c1cccc3cc[nH]c13)CCN(C(=O)c1ccc3ncccc3c1)C2. The highest BCUT2D eigenvalue weighted by molar-refractivity contribution is 5.98. The van der Waals surface area contributed by atoms with Crippen LogP contribution >= 0.6 is 0 Å². The Morgan fingerprint density at radius 2 is 1.97 bits per heavy atom. The van der Waals surface area contributed by atoms with Gasteiger partial charge in [0.15, 0.2) is 0 Å². The molecule has 6 nitrogen and oxygen atoms in total. The first-order valence-electron chi connectivity index (χ1n) is 10.4. The van der Waals surface area contributed by atoms with Gasteiger partial charge in [-0.2, -0.15) is 5.10 Å². The minimum absolute atomic E-state index is 0.0371. The molecule has 0 atom stereocenters. The summed E-state index contributed by atoms with van der Waals surface area (Å²) in [5, 5.41) is 6.96. The van der Waals surface area contributed by atoms with Crippen LogP contribution < -0.4 is 0 Å². The monoisotopic (exact) mass is 407 g/mol. The van der Waals surface area contributed by atoms with Crippen LogP contribution in [0.15, 0.2) is 67.0 Å². The van der Waals surface area contributed by atoms with Crippen LogP contribution in [0.3, 0.4) is 0 Å². The molecule has 0 unspecified atom stereocenters. The third kappa shape index (κ3) is 2.83. The van der Waals surface area contributed by atoms with Crippen LogP contribution in [0.2, 0.25) is 0 Å². The Morgan fingerprint density at radius 1 is 1.06 bits per heavy atom. The maximum atomic E-state index is 13.2. The van der Waals surface area contributed by atoms with Gasteiger partial charge in [-0.3, -0.25) is 14.5 Å². The van der Waals surface area contributed by atoms with Crippen molar-refractivity contribution < 1.29 is 4.79 Å². The van der Waals surface area contributed by atoms with Gasteiger partial charge in [0, 0.05) is 53.4 Å². The number of pyridine rings is 1. The van der Waals surface area contributed by atoms with E-state index in [9.17, 15) is 4.79 Å².